The van der Waals surface area contributed by atoms with Crippen LogP contribution in [0.3, 0.4) is 0 Å². The second-order valence-electron chi connectivity index (χ2n) is 6.99. The van der Waals surface area contributed by atoms with Crippen molar-refractivity contribution in [1.29, 1.82) is 0 Å². The summed E-state index contributed by atoms with van der Waals surface area (Å²) in [5, 5.41) is 0. The van der Waals surface area contributed by atoms with Crippen molar-refractivity contribution in [2.75, 3.05) is 0 Å². The molecular weight excluding hydrogens is 223 g/mol. The van der Waals surface area contributed by atoms with Crippen molar-refractivity contribution in [2.24, 2.45) is 5.92 Å². The first-order valence-electron chi connectivity index (χ1n) is 7.34. The van der Waals surface area contributed by atoms with E-state index < -0.39 is 0 Å². The third-order valence-electron chi connectivity index (χ3n) is 4.71. The van der Waals surface area contributed by atoms with Crippen molar-refractivity contribution in [2.45, 2.75) is 77.8 Å². The second kappa shape index (κ2) is 5.01. The van der Waals surface area contributed by atoms with Gasteiger partial charge in [-0.3, -0.25) is 0 Å². The Kier molecular flexibility index (Phi) is 3.94. The van der Waals surface area contributed by atoms with Gasteiger partial charge in [0.2, 0.25) is 0 Å². The maximum Gasteiger partial charge on any atom is 0.461 e. The Bertz CT molecular complexity index is 317. The Morgan fingerprint density at radius 3 is 2.39 bits per heavy atom. The summed E-state index contributed by atoms with van der Waals surface area (Å²) in [5.74, 6) is 0.850. The van der Waals surface area contributed by atoms with Crippen LogP contribution in [-0.2, 0) is 9.31 Å². The molecule has 1 atom stereocenters. The van der Waals surface area contributed by atoms with E-state index in [2.05, 4.69) is 40.7 Å². The highest BCUT2D eigenvalue weighted by Crippen LogP contribution is 2.38. The highest BCUT2D eigenvalue weighted by molar-refractivity contribution is 6.46. The molecule has 0 aromatic heterocycles. The van der Waals surface area contributed by atoms with Crippen molar-refractivity contribution in [3.05, 3.63) is 11.6 Å². The third kappa shape index (κ3) is 3.00. The van der Waals surface area contributed by atoms with Gasteiger partial charge in [-0.15, -0.1) is 0 Å². The van der Waals surface area contributed by atoms with Crippen LogP contribution >= 0.6 is 0 Å². The molecule has 0 aromatic rings. The average molecular weight is 250 g/mol. The molecule has 1 aliphatic carbocycles. The highest BCUT2D eigenvalue weighted by atomic mass is 16.7. The number of allylic oxidation sites excluding steroid dienone is 2. The zero-order chi connectivity index (χ0) is 13.4. The highest BCUT2D eigenvalue weighted by Gasteiger charge is 2.50. The molecule has 18 heavy (non-hydrogen) atoms. The van der Waals surface area contributed by atoms with Crippen LogP contribution in [0, 0.1) is 5.92 Å². The molecular formula is C15H27BO2. The third-order valence-corrected chi connectivity index (χ3v) is 4.71. The topological polar surface area (TPSA) is 18.5 Å². The van der Waals surface area contributed by atoms with Gasteiger partial charge in [-0.05, 0) is 52.9 Å². The lowest BCUT2D eigenvalue weighted by molar-refractivity contribution is 0.00578. The van der Waals surface area contributed by atoms with E-state index in [1.54, 1.807) is 5.57 Å². The van der Waals surface area contributed by atoms with Crippen LogP contribution < -0.4 is 0 Å². The van der Waals surface area contributed by atoms with Crippen molar-refractivity contribution >= 4 is 7.12 Å². The van der Waals surface area contributed by atoms with Gasteiger partial charge in [0.15, 0.2) is 0 Å². The Morgan fingerprint density at radius 2 is 1.83 bits per heavy atom. The van der Waals surface area contributed by atoms with Crippen molar-refractivity contribution in [3.8, 4) is 0 Å². The molecule has 0 spiro atoms. The minimum Gasteiger partial charge on any atom is -0.403 e. The van der Waals surface area contributed by atoms with Crippen molar-refractivity contribution < 1.29 is 9.31 Å². The Balaban J connectivity index is 1.90. The molecule has 0 aromatic carbocycles. The van der Waals surface area contributed by atoms with Gasteiger partial charge in [0.1, 0.15) is 0 Å². The van der Waals surface area contributed by atoms with Crippen LogP contribution in [0.5, 0.6) is 0 Å². The molecule has 102 valence electrons. The van der Waals surface area contributed by atoms with Crippen LogP contribution in [0.15, 0.2) is 11.6 Å². The van der Waals surface area contributed by atoms with Gasteiger partial charge in [-0.2, -0.15) is 0 Å². The summed E-state index contributed by atoms with van der Waals surface area (Å²) in [6, 6.07) is 0. The molecule has 0 bridgehead atoms. The average Bonchev–Trinajstić information content (AvgIpc) is 2.45. The first kappa shape index (κ1) is 14.1. The molecule has 1 aliphatic heterocycles. The lowest BCUT2D eigenvalue weighted by atomic mass is 9.80. The van der Waals surface area contributed by atoms with Gasteiger partial charge in [0, 0.05) is 6.32 Å². The Morgan fingerprint density at radius 1 is 1.22 bits per heavy atom. The van der Waals surface area contributed by atoms with E-state index in [0.717, 1.165) is 12.2 Å². The monoisotopic (exact) mass is 250 g/mol. The molecule has 1 saturated carbocycles. The lowest BCUT2D eigenvalue weighted by Crippen LogP contribution is -2.41. The fraction of sp³-hybridized carbons (Fsp3) is 0.867. The molecule has 2 rings (SSSR count). The fourth-order valence-electron chi connectivity index (χ4n) is 2.84. The van der Waals surface area contributed by atoms with Gasteiger partial charge < -0.3 is 9.31 Å². The fourth-order valence-corrected chi connectivity index (χ4v) is 2.84. The zero-order valence-electron chi connectivity index (χ0n) is 12.6. The van der Waals surface area contributed by atoms with Gasteiger partial charge in [0.25, 0.3) is 0 Å². The zero-order valence-corrected chi connectivity index (χ0v) is 12.6. The van der Waals surface area contributed by atoms with E-state index in [-0.39, 0.29) is 18.3 Å². The molecule has 2 nitrogen and oxygen atoms in total. The van der Waals surface area contributed by atoms with E-state index in [1.165, 1.54) is 25.7 Å². The maximum absolute atomic E-state index is 6.02. The number of hydrogen-bond acceptors (Lipinski definition) is 2. The molecule has 0 amide bonds. The van der Waals surface area contributed by atoms with Crippen LogP contribution in [0.4, 0.5) is 0 Å². The normalized spacial score (nSPS) is 33.1. The largest absolute Gasteiger partial charge is 0.461 e. The summed E-state index contributed by atoms with van der Waals surface area (Å²) in [4.78, 5) is 0. The van der Waals surface area contributed by atoms with E-state index in [0.29, 0.717) is 0 Å². The van der Waals surface area contributed by atoms with Gasteiger partial charge >= 0.3 is 7.12 Å². The van der Waals surface area contributed by atoms with E-state index in [4.69, 9.17) is 9.31 Å². The minimum absolute atomic E-state index is 0.0697. The van der Waals surface area contributed by atoms with E-state index in [1.807, 2.05) is 0 Å². The summed E-state index contributed by atoms with van der Waals surface area (Å²) >= 11 is 0. The van der Waals surface area contributed by atoms with E-state index in [9.17, 15) is 0 Å². The summed E-state index contributed by atoms with van der Waals surface area (Å²) < 4.78 is 12.0. The maximum atomic E-state index is 6.02. The predicted molar refractivity (Wildman–Crippen MR) is 76.6 cm³/mol. The molecule has 3 heteroatoms. The molecule has 1 heterocycles. The quantitative estimate of drug-likeness (QED) is 0.539. The van der Waals surface area contributed by atoms with Crippen molar-refractivity contribution in [3.63, 3.8) is 0 Å². The predicted octanol–water partition coefficient (Wildman–Crippen LogP) is 4.22. The first-order valence-corrected chi connectivity index (χ1v) is 7.34. The smallest absolute Gasteiger partial charge is 0.403 e. The van der Waals surface area contributed by atoms with Gasteiger partial charge in [-0.25, -0.2) is 0 Å². The molecule has 1 saturated heterocycles. The number of rotatable bonds is 2. The second-order valence-corrected chi connectivity index (χ2v) is 6.99. The minimum atomic E-state index is -0.198. The summed E-state index contributed by atoms with van der Waals surface area (Å²) in [7, 11) is -0.0697. The summed E-state index contributed by atoms with van der Waals surface area (Å²) in [6.07, 6.45) is 8.51. The molecule has 2 aliphatic rings. The first-order chi connectivity index (χ1) is 8.30. The summed E-state index contributed by atoms with van der Waals surface area (Å²) in [5.41, 5.74) is 1.20. The van der Waals surface area contributed by atoms with Gasteiger partial charge in [0.05, 0.1) is 11.2 Å². The Hall–Kier alpha value is -0.275. The van der Waals surface area contributed by atoms with Crippen LogP contribution in [0.1, 0.15) is 60.3 Å². The van der Waals surface area contributed by atoms with Crippen LogP contribution in [0.25, 0.3) is 0 Å². The molecule has 0 N–H and O–H groups in total. The van der Waals surface area contributed by atoms with Gasteiger partial charge in [-0.1, -0.05) is 25.0 Å². The van der Waals surface area contributed by atoms with Crippen LogP contribution in [-0.4, -0.2) is 18.3 Å². The SMILES string of the molecule is CC1CCC/C(=C\CB2OC(C)(C)C(C)(C)O2)C1. The van der Waals surface area contributed by atoms with Crippen LogP contribution in [0.2, 0.25) is 6.32 Å². The Labute approximate surface area is 112 Å². The standard InChI is InChI=1S/C15H27BO2/c1-12-7-6-8-13(11-12)9-10-16-17-14(2,3)15(4,5)18-16/h9,12H,6-8,10-11H2,1-5H3/b13-9+. The van der Waals surface area contributed by atoms with E-state index >= 15 is 0 Å². The summed E-state index contributed by atoms with van der Waals surface area (Å²) in [6.45, 7) is 10.8. The number of hydrogen-bond donors (Lipinski definition) is 0. The molecule has 0 radical (unpaired) electrons. The van der Waals surface area contributed by atoms with Crippen molar-refractivity contribution in [1.82, 2.24) is 0 Å². The lowest BCUT2D eigenvalue weighted by Gasteiger charge is -2.32. The molecule has 2 fully saturated rings. The molecule has 1 unspecified atom stereocenters.